The SMILES string of the molecule is CC1(C)CCCCC1NC(=O)c1cc(C(=O)O)on1. The molecule has 19 heavy (non-hydrogen) atoms. The molecule has 0 bridgehead atoms. The van der Waals surface area contributed by atoms with Crippen LogP contribution in [-0.2, 0) is 0 Å². The van der Waals surface area contributed by atoms with Crippen LogP contribution in [0.25, 0.3) is 0 Å². The fraction of sp³-hybridized carbons (Fsp3) is 0.615. The van der Waals surface area contributed by atoms with E-state index >= 15 is 0 Å². The number of rotatable bonds is 3. The molecule has 6 nitrogen and oxygen atoms in total. The van der Waals surface area contributed by atoms with Gasteiger partial charge in [-0.25, -0.2) is 4.79 Å². The van der Waals surface area contributed by atoms with Gasteiger partial charge in [0.15, 0.2) is 5.69 Å². The van der Waals surface area contributed by atoms with Crippen molar-refractivity contribution in [3.63, 3.8) is 0 Å². The van der Waals surface area contributed by atoms with E-state index in [2.05, 4.69) is 28.8 Å². The third-order valence-corrected chi connectivity index (χ3v) is 3.77. The van der Waals surface area contributed by atoms with Crippen molar-refractivity contribution in [2.45, 2.75) is 45.6 Å². The van der Waals surface area contributed by atoms with Crippen LogP contribution in [0.5, 0.6) is 0 Å². The lowest BCUT2D eigenvalue weighted by Gasteiger charge is -2.38. The normalized spacial score (nSPS) is 21.9. The Morgan fingerprint density at radius 3 is 2.79 bits per heavy atom. The largest absolute Gasteiger partial charge is 0.475 e. The van der Waals surface area contributed by atoms with Crippen LogP contribution in [0, 0.1) is 5.41 Å². The van der Waals surface area contributed by atoms with Crippen LogP contribution >= 0.6 is 0 Å². The van der Waals surface area contributed by atoms with Crippen molar-refractivity contribution in [2.24, 2.45) is 5.41 Å². The number of carbonyl (C=O) groups excluding carboxylic acids is 1. The number of carboxylic acids is 1. The van der Waals surface area contributed by atoms with E-state index in [0.29, 0.717) is 0 Å². The third kappa shape index (κ3) is 2.94. The fourth-order valence-corrected chi connectivity index (χ4v) is 2.48. The van der Waals surface area contributed by atoms with Gasteiger partial charge in [-0.15, -0.1) is 0 Å². The van der Waals surface area contributed by atoms with Crippen LogP contribution in [0.1, 0.15) is 60.6 Å². The maximum absolute atomic E-state index is 12.0. The topological polar surface area (TPSA) is 92.4 Å². The molecule has 104 valence electrons. The summed E-state index contributed by atoms with van der Waals surface area (Å²) in [5.74, 6) is -1.94. The monoisotopic (exact) mass is 266 g/mol. The van der Waals surface area contributed by atoms with E-state index in [9.17, 15) is 9.59 Å². The van der Waals surface area contributed by atoms with Gasteiger partial charge in [0.2, 0.25) is 5.76 Å². The highest BCUT2D eigenvalue weighted by atomic mass is 16.5. The Bertz CT molecular complexity index is 493. The zero-order valence-electron chi connectivity index (χ0n) is 11.1. The first kappa shape index (κ1) is 13.6. The van der Waals surface area contributed by atoms with Crippen LogP contribution < -0.4 is 5.32 Å². The molecule has 0 saturated heterocycles. The van der Waals surface area contributed by atoms with E-state index in [4.69, 9.17) is 5.11 Å². The Morgan fingerprint density at radius 1 is 1.47 bits per heavy atom. The molecule has 1 aromatic rings. The van der Waals surface area contributed by atoms with Gasteiger partial charge in [-0.1, -0.05) is 31.8 Å². The lowest BCUT2D eigenvalue weighted by atomic mass is 9.73. The minimum atomic E-state index is -1.23. The number of carboxylic acid groups (broad SMARTS) is 1. The first-order chi connectivity index (χ1) is 8.90. The standard InChI is InChI=1S/C13H18N2O4/c1-13(2)6-4-3-5-10(13)14-11(16)8-7-9(12(17)18)19-15-8/h7,10H,3-6H2,1-2H3,(H,14,16)(H,17,18). The molecule has 0 spiro atoms. The highest BCUT2D eigenvalue weighted by molar-refractivity contribution is 5.95. The molecule has 1 saturated carbocycles. The summed E-state index contributed by atoms with van der Waals surface area (Å²) < 4.78 is 4.58. The number of hydrogen-bond donors (Lipinski definition) is 2. The summed E-state index contributed by atoms with van der Waals surface area (Å²) in [4.78, 5) is 22.7. The smallest absolute Gasteiger partial charge is 0.374 e. The molecule has 1 unspecified atom stereocenters. The fourth-order valence-electron chi connectivity index (χ4n) is 2.48. The van der Waals surface area contributed by atoms with Gasteiger partial charge in [-0.2, -0.15) is 0 Å². The van der Waals surface area contributed by atoms with Crippen molar-refractivity contribution < 1.29 is 19.2 Å². The van der Waals surface area contributed by atoms with Crippen molar-refractivity contribution >= 4 is 11.9 Å². The van der Waals surface area contributed by atoms with E-state index in [1.165, 1.54) is 6.42 Å². The average Bonchev–Trinajstić information content (AvgIpc) is 2.81. The van der Waals surface area contributed by atoms with E-state index in [1.807, 2.05) is 0 Å². The molecule has 1 aromatic heterocycles. The first-order valence-electron chi connectivity index (χ1n) is 6.41. The molecular formula is C13H18N2O4. The Balaban J connectivity index is 2.05. The quantitative estimate of drug-likeness (QED) is 0.873. The summed E-state index contributed by atoms with van der Waals surface area (Å²) in [6.45, 7) is 4.26. The highest BCUT2D eigenvalue weighted by Crippen LogP contribution is 2.35. The van der Waals surface area contributed by atoms with Gasteiger partial charge < -0.3 is 14.9 Å². The third-order valence-electron chi connectivity index (χ3n) is 3.77. The van der Waals surface area contributed by atoms with Gasteiger partial charge in [0.1, 0.15) is 0 Å². The number of aromatic carboxylic acids is 1. The Labute approximate surface area is 111 Å². The lowest BCUT2D eigenvalue weighted by molar-refractivity contribution is 0.0650. The second-order valence-corrected chi connectivity index (χ2v) is 5.64. The number of aromatic nitrogens is 1. The van der Waals surface area contributed by atoms with E-state index in [-0.39, 0.29) is 28.8 Å². The van der Waals surface area contributed by atoms with Crippen LogP contribution in [0.2, 0.25) is 0 Å². The number of nitrogens with one attached hydrogen (secondary N) is 1. The lowest BCUT2D eigenvalue weighted by Crippen LogP contribution is -2.46. The van der Waals surface area contributed by atoms with Crippen LogP contribution in [0.3, 0.4) is 0 Å². The molecule has 6 heteroatoms. The Morgan fingerprint density at radius 2 is 2.21 bits per heavy atom. The van der Waals surface area contributed by atoms with Gasteiger partial charge in [-0.05, 0) is 18.3 Å². The summed E-state index contributed by atoms with van der Waals surface area (Å²) in [6.07, 6.45) is 4.26. The summed E-state index contributed by atoms with van der Waals surface area (Å²) in [6, 6.07) is 1.23. The second kappa shape index (κ2) is 5.03. The second-order valence-electron chi connectivity index (χ2n) is 5.64. The molecule has 1 fully saturated rings. The van der Waals surface area contributed by atoms with Gasteiger partial charge in [0.25, 0.3) is 5.91 Å². The molecule has 2 N–H and O–H groups in total. The summed E-state index contributed by atoms with van der Waals surface area (Å²) >= 11 is 0. The molecule has 2 rings (SSSR count). The molecule has 0 radical (unpaired) electrons. The molecule has 0 aliphatic heterocycles. The minimum Gasteiger partial charge on any atom is -0.475 e. The average molecular weight is 266 g/mol. The van der Waals surface area contributed by atoms with Gasteiger partial charge in [-0.3, -0.25) is 4.79 Å². The maximum atomic E-state index is 12.0. The van der Waals surface area contributed by atoms with Crippen molar-refractivity contribution in [1.29, 1.82) is 0 Å². The van der Waals surface area contributed by atoms with Crippen LogP contribution in [-0.4, -0.2) is 28.2 Å². The van der Waals surface area contributed by atoms with Gasteiger partial charge in [0.05, 0.1) is 0 Å². The molecule has 1 atom stereocenters. The number of nitrogens with zero attached hydrogens (tertiary/aromatic N) is 1. The van der Waals surface area contributed by atoms with Crippen molar-refractivity contribution in [2.75, 3.05) is 0 Å². The number of carbonyl (C=O) groups is 2. The van der Waals surface area contributed by atoms with E-state index < -0.39 is 5.97 Å². The van der Waals surface area contributed by atoms with Crippen molar-refractivity contribution in [3.05, 3.63) is 17.5 Å². The van der Waals surface area contributed by atoms with Crippen molar-refractivity contribution in [1.82, 2.24) is 10.5 Å². The first-order valence-corrected chi connectivity index (χ1v) is 6.41. The number of amides is 1. The maximum Gasteiger partial charge on any atom is 0.374 e. The molecular weight excluding hydrogens is 248 g/mol. The van der Waals surface area contributed by atoms with Crippen molar-refractivity contribution in [3.8, 4) is 0 Å². The predicted molar refractivity (Wildman–Crippen MR) is 67.0 cm³/mol. The van der Waals surface area contributed by atoms with E-state index in [1.54, 1.807) is 0 Å². The zero-order valence-corrected chi connectivity index (χ0v) is 11.1. The summed E-state index contributed by atoms with van der Waals surface area (Å²) in [7, 11) is 0. The molecule has 0 aromatic carbocycles. The van der Waals surface area contributed by atoms with Gasteiger partial charge in [0, 0.05) is 12.1 Å². The van der Waals surface area contributed by atoms with Gasteiger partial charge >= 0.3 is 5.97 Å². The molecule has 1 heterocycles. The van der Waals surface area contributed by atoms with Crippen LogP contribution in [0.4, 0.5) is 0 Å². The Hall–Kier alpha value is -1.85. The number of hydrogen-bond acceptors (Lipinski definition) is 4. The molecule has 1 amide bonds. The molecule has 1 aliphatic rings. The Kier molecular flexibility index (Phi) is 3.59. The highest BCUT2D eigenvalue weighted by Gasteiger charge is 2.33. The minimum absolute atomic E-state index is 0.0128. The van der Waals surface area contributed by atoms with Crippen LogP contribution in [0.15, 0.2) is 10.6 Å². The predicted octanol–water partition coefficient (Wildman–Crippen LogP) is 2.07. The van der Waals surface area contributed by atoms with E-state index in [0.717, 1.165) is 25.3 Å². The summed E-state index contributed by atoms with van der Waals surface area (Å²) in [5.41, 5.74) is 0.0616. The summed E-state index contributed by atoms with van der Waals surface area (Å²) in [5, 5.41) is 15.1. The molecule has 1 aliphatic carbocycles. The zero-order chi connectivity index (χ0) is 14.0.